The summed E-state index contributed by atoms with van der Waals surface area (Å²) in [5, 5.41) is 15.4. The van der Waals surface area contributed by atoms with Gasteiger partial charge in [-0.1, -0.05) is 35.3 Å². The van der Waals surface area contributed by atoms with Crippen LogP contribution in [0.3, 0.4) is 0 Å². The molecule has 0 radical (unpaired) electrons. The van der Waals surface area contributed by atoms with Crippen LogP contribution in [0.5, 0.6) is 5.75 Å². The highest BCUT2D eigenvalue weighted by molar-refractivity contribution is 6.31. The number of ether oxygens (including phenoxy) is 1. The van der Waals surface area contributed by atoms with E-state index in [0.717, 1.165) is 0 Å². The first-order chi connectivity index (χ1) is 19.2. The quantitative estimate of drug-likeness (QED) is 0.248. The Morgan fingerprint density at radius 1 is 1.07 bits per heavy atom. The summed E-state index contributed by atoms with van der Waals surface area (Å²) in [6.45, 7) is -1.02. The zero-order chi connectivity index (χ0) is 28.6. The van der Waals surface area contributed by atoms with E-state index in [-0.39, 0.29) is 11.6 Å². The van der Waals surface area contributed by atoms with Gasteiger partial charge in [-0.05, 0) is 42.8 Å². The lowest BCUT2D eigenvalue weighted by Gasteiger charge is -2.20. The van der Waals surface area contributed by atoms with Crippen LogP contribution in [0.25, 0.3) is 27.7 Å². The fourth-order valence-corrected chi connectivity index (χ4v) is 4.69. The van der Waals surface area contributed by atoms with E-state index < -0.39 is 24.1 Å². The molecule has 0 spiro atoms. The van der Waals surface area contributed by atoms with Crippen LogP contribution in [-0.4, -0.2) is 42.4 Å². The van der Waals surface area contributed by atoms with Gasteiger partial charge in [0.2, 0.25) is 5.91 Å². The van der Waals surface area contributed by atoms with Crippen LogP contribution >= 0.6 is 23.2 Å². The highest BCUT2D eigenvalue weighted by Crippen LogP contribution is 2.35. The predicted molar refractivity (Wildman–Crippen MR) is 147 cm³/mol. The van der Waals surface area contributed by atoms with Gasteiger partial charge in [-0.25, -0.2) is 9.36 Å². The topological polar surface area (TPSA) is 109 Å². The number of carbonyl (C=O) groups is 1. The number of pyridine rings is 1. The first kappa shape index (κ1) is 27.3. The summed E-state index contributed by atoms with van der Waals surface area (Å²) in [6.07, 6.45) is 4.44. The summed E-state index contributed by atoms with van der Waals surface area (Å²) >= 11 is 12.2. The minimum Gasteiger partial charge on any atom is -0.495 e. The Balaban J connectivity index is 1.50. The molecule has 1 N–H and O–H groups in total. The lowest BCUT2D eigenvalue weighted by molar-refractivity contribution is -0.119. The molecule has 10 nitrogen and oxygen atoms in total. The van der Waals surface area contributed by atoms with Gasteiger partial charge in [0.25, 0.3) is 5.56 Å². The fraction of sp³-hybridized carbons (Fsp3) is 0.192. The highest BCUT2D eigenvalue weighted by Gasteiger charge is 2.23. The molecule has 2 aromatic carbocycles. The Bertz CT molecular complexity index is 1780. The monoisotopic (exact) mass is 587 g/mol. The SMILES string of the molecule is CCC(C(=O)Nc1ccc2nn(C(F)F)cc2c1)n1cc(OC)c(-c2cc(Cl)ccc2-n2cc(Cl)nn2)cc1=O. The van der Waals surface area contributed by atoms with E-state index in [1.165, 1.54) is 53.1 Å². The molecule has 1 amide bonds. The number of amides is 1. The van der Waals surface area contributed by atoms with Crippen LogP contribution in [-0.2, 0) is 4.79 Å². The number of aromatic nitrogens is 6. The zero-order valence-electron chi connectivity index (χ0n) is 21.1. The number of halogens is 4. The van der Waals surface area contributed by atoms with Gasteiger partial charge in [-0.15, -0.1) is 5.10 Å². The van der Waals surface area contributed by atoms with Crippen molar-refractivity contribution in [2.75, 3.05) is 12.4 Å². The average Bonchev–Trinajstić information content (AvgIpc) is 3.56. The molecule has 206 valence electrons. The van der Waals surface area contributed by atoms with Gasteiger partial charge in [-0.2, -0.15) is 13.9 Å². The number of carbonyl (C=O) groups excluding carboxylic acids is 1. The maximum atomic E-state index is 13.4. The van der Waals surface area contributed by atoms with Gasteiger partial charge >= 0.3 is 6.55 Å². The van der Waals surface area contributed by atoms with Crippen LogP contribution in [0, 0.1) is 0 Å². The molecule has 5 rings (SSSR count). The number of fused-ring (bicyclic) bond motifs is 1. The van der Waals surface area contributed by atoms with Crippen molar-refractivity contribution in [1.82, 2.24) is 29.3 Å². The molecule has 40 heavy (non-hydrogen) atoms. The van der Waals surface area contributed by atoms with Crippen LogP contribution in [0.4, 0.5) is 14.5 Å². The Morgan fingerprint density at radius 2 is 1.88 bits per heavy atom. The minimum atomic E-state index is -2.78. The average molecular weight is 588 g/mol. The van der Waals surface area contributed by atoms with E-state index in [0.29, 0.717) is 48.9 Å². The molecular formula is C26H21Cl2F2N7O3. The molecule has 0 saturated heterocycles. The Labute approximate surface area is 235 Å². The van der Waals surface area contributed by atoms with Gasteiger partial charge in [0.15, 0.2) is 5.15 Å². The van der Waals surface area contributed by atoms with E-state index in [1.807, 2.05) is 0 Å². The highest BCUT2D eigenvalue weighted by atomic mass is 35.5. The predicted octanol–water partition coefficient (Wildman–Crippen LogP) is 5.75. The summed E-state index contributed by atoms with van der Waals surface area (Å²) in [6, 6.07) is 10.1. The molecule has 0 saturated carbocycles. The number of hydrogen-bond donors (Lipinski definition) is 1. The molecule has 3 aromatic heterocycles. The second-order valence-corrected chi connectivity index (χ2v) is 9.55. The second kappa shape index (κ2) is 11.1. The van der Waals surface area contributed by atoms with Gasteiger partial charge in [0, 0.05) is 39.5 Å². The lowest BCUT2D eigenvalue weighted by Crippen LogP contribution is -2.32. The summed E-state index contributed by atoms with van der Waals surface area (Å²) in [5.74, 6) is -0.165. The van der Waals surface area contributed by atoms with Crippen molar-refractivity contribution in [1.29, 1.82) is 0 Å². The summed E-state index contributed by atoms with van der Waals surface area (Å²) < 4.78 is 34.9. The van der Waals surface area contributed by atoms with Gasteiger partial charge < -0.3 is 10.1 Å². The maximum Gasteiger partial charge on any atom is 0.333 e. The molecule has 0 fully saturated rings. The standard InChI is InChI=1S/C26H21Cl2F2N7O3/c1-3-20(25(39)31-16-5-6-19-14(8-16)11-37(33-19)26(29)30)35-12-22(40-2)18(10-24(35)38)17-9-15(27)4-7-21(17)36-13-23(28)32-34-36/h4-13,20,26H,3H2,1-2H3,(H,31,39). The summed E-state index contributed by atoms with van der Waals surface area (Å²) in [7, 11) is 1.44. The maximum absolute atomic E-state index is 13.4. The van der Waals surface area contributed by atoms with Crippen molar-refractivity contribution in [3.05, 3.63) is 81.6 Å². The number of nitrogens with zero attached hydrogens (tertiary/aromatic N) is 6. The number of anilines is 1. The number of rotatable bonds is 8. The zero-order valence-corrected chi connectivity index (χ0v) is 22.6. The molecule has 0 bridgehead atoms. The third-order valence-electron chi connectivity index (χ3n) is 6.24. The minimum absolute atomic E-state index is 0.182. The van der Waals surface area contributed by atoms with Crippen molar-refractivity contribution >= 4 is 45.7 Å². The molecule has 1 atom stereocenters. The largest absolute Gasteiger partial charge is 0.495 e. The Kier molecular flexibility index (Phi) is 7.55. The van der Waals surface area contributed by atoms with E-state index in [2.05, 4.69) is 20.7 Å². The second-order valence-electron chi connectivity index (χ2n) is 8.72. The number of hydrogen-bond acceptors (Lipinski definition) is 6. The van der Waals surface area contributed by atoms with E-state index in [4.69, 9.17) is 27.9 Å². The van der Waals surface area contributed by atoms with Crippen LogP contribution < -0.4 is 15.6 Å². The summed E-state index contributed by atoms with van der Waals surface area (Å²) in [5.41, 5.74) is 1.77. The normalized spacial score (nSPS) is 12.2. The third kappa shape index (κ3) is 5.27. The fourth-order valence-electron chi connectivity index (χ4n) is 4.39. The van der Waals surface area contributed by atoms with E-state index in [9.17, 15) is 18.4 Å². The number of benzene rings is 2. The van der Waals surface area contributed by atoms with Crippen molar-refractivity contribution in [3.8, 4) is 22.6 Å². The van der Waals surface area contributed by atoms with Crippen molar-refractivity contribution in [2.45, 2.75) is 25.9 Å². The van der Waals surface area contributed by atoms with Crippen LogP contribution in [0.15, 0.2) is 65.8 Å². The Morgan fingerprint density at radius 3 is 2.55 bits per heavy atom. The van der Waals surface area contributed by atoms with Crippen molar-refractivity contribution < 1.29 is 18.3 Å². The van der Waals surface area contributed by atoms with Crippen LogP contribution in [0.2, 0.25) is 10.2 Å². The lowest BCUT2D eigenvalue weighted by atomic mass is 10.0. The van der Waals surface area contributed by atoms with Gasteiger partial charge in [0.05, 0.1) is 30.7 Å². The van der Waals surface area contributed by atoms with Gasteiger partial charge in [-0.3, -0.25) is 14.2 Å². The smallest absolute Gasteiger partial charge is 0.333 e. The van der Waals surface area contributed by atoms with E-state index >= 15 is 0 Å². The van der Waals surface area contributed by atoms with Gasteiger partial charge in [0.1, 0.15) is 11.8 Å². The number of alkyl halides is 2. The first-order valence-electron chi connectivity index (χ1n) is 11.9. The molecular weight excluding hydrogens is 567 g/mol. The molecule has 5 aromatic rings. The molecule has 1 unspecified atom stereocenters. The summed E-state index contributed by atoms with van der Waals surface area (Å²) in [4.78, 5) is 26.7. The number of nitrogens with one attached hydrogen (secondary N) is 1. The molecule has 3 heterocycles. The molecule has 0 aliphatic carbocycles. The van der Waals surface area contributed by atoms with Crippen LogP contribution in [0.1, 0.15) is 25.9 Å². The number of methoxy groups -OCH3 is 1. The first-order valence-corrected chi connectivity index (χ1v) is 12.7. The molecule has 0 aliphatic rings. The third-order valence-corrected chi connectivity index (χ3v) is 6.65. The van der Waals surface area contributed by atoms with Crippen molar-refractivity contribution in [2.24, 2.45) is 0 Å². The molecule has 0 aliphatic heterocycles. The van der Waals surface area contributed by atoms with Crippen molar-refractivity contribution in [3.63, 3.8) is 0 Å². The molecule has 14 heteroatoms. The van der Waals surface area contributed by atoms with E-state index in [1.54, 1.807) is 31.2 Å². The Hall–Kier alpha value is -4.29.